The molecule has 0 spiro atoms. The van der Waals surface area contributed by atoms with Gasteiger partial charge in [-0.15, -0.1) is 0 Å². The topological polar surface area (TPSA) is 54.0 Å². The highest BCUT2D eigenvalue weighted by Crippen LogP contribution is 2.19. The van der Waals surface area contributed by atoms with E-state index in [-0.39, 0.29) is 5.91 Å². The Kier molecular flexibility index (Phi) is 4.36. The highest BCUT2D eigenvalue weighted by molar-refractivity contribution is 6.33. The van der Waals surface area contributed by atoms with E-state index in [0.29, 0.717) is 17.1 Å². The summed E-state index contributed by atoms with van der Waals surface area (Å²) in [6, 6.07) is 9.23. The van der Waals surface area contributed by atoms with Crippen LogP contribution in [-0.4, -0.2) is 17.9 Å². The number of pyridine rings is 1. The number of carbonyl (C=O) groups excluding carboxylic acids is 1. The van der Waals surface area contributed by atoms with Gasteiger partial charge < -0.3 is 10.6 Å². The maximum absolute atomic E-state index is 11.4. The lowest BCUT2D eigenvalue weighted by Crippen LogP contribution is -2.17. The zero-order valence-corrected chi connectivity index (χ0v) is 11.2. The van der Waals surface area contributed by atoms with E-state index in [0.717, 1.165) is 11.3 Å². The fraction of sp³-hybridized carbons (Fsp3) is 0.143. The van der Waals surface area contributed by atoms with Crippen molar-refractivity contribution in [3.63, 3.8) is 0 Å². The number of hydrogen-bond acceptors (Lipinski definition) is 3. The lowest BCUT2D eigenvalue weighted by Gasteiger charge is -2.08. The maximum atomic E-state index is 11.4. The van der Waals surface area contributed by atoms with E-state index >= 15 is 0 Å². The minimum absolute atomic E-state index is 0.0864. The third-order valence-corrected chi connectivity index (χ3v) is 3.00. The molecule has 0 fully saturated rings. The van der Waals surface area contributed by atoms with Crippen LogP contribution < -0.4 is 10.6 Å². The van der Waals surface area contributed by atoms with Crippen LogP contribution in [0.4, 0.5) is 5.69 Å². The standard InChI is InChI=1S/C14H14ClN3O/c1-16-14(19)11-4-2-10(3-5-11)8-18-13-6-7-17-9-12(13)15/h2-7,9H,8H2,1H3,(H,16,19)(H,17,18). The average Bonchev–Trinajstić information content (AvgIpc) is 2.46. The fourth-order valence-corrected chi connectivity index (χ4v) is 1.82. The first-order valence-corrected chi connectivity index (χ1v) is 6.23. The predicted molar refractivity (Wildman–Crippen MR) is 76.4 cm³/mol. The molecule has 0 bridgehead atoms. The predicted octanol–water partition coefficient (Wildman–Crippen LogP) is 2.71. The summed E-state index contributed by atoms with van der Waals surface area (Å²) in [5, 5.41) is 6.39. The number of rotatable bonds is 4. The molecule has 2 aromatic rings. The molecular formula is C14H14ClN3O. The summed E-state index contributed by atoms with van der Waals surface area (Å²) in [6.07, 6.45) is 3.28. The van der Waals surface area contributed by atoms with Crippen molar-refractivity contribution >= 4 is 23.2 Å². The van der Waals surface area contributed by atoms with Crippen LogP contribution in [0.15, 0.2) is 42.7 Å². The zero-order chi connectivity index (χ0) is 13.7. The molecule has 2 N–H and O–H groups in total. The Balaban J connectivity index is 2.01. The highest BCUT2D eigenvalue weighted by Gasteiger charge is 2.03. The molecule has 0 radical (unpaired) electrons. The molecule has 1 heterocycles. The van der Waals surface area contributed by atoms with Gasteiger partial charge in [0.05, 0.1) is 10.7 Å². The largest absolute Gasteiger partial charge is 0.380 e. The number of nitrogens with zero attached hydrogens (tertiary/aromatic N) is 1. The number of hydrogen-bond donors (Lipinski definition) is 2. The van der Waals surface area contributed by atoms with Gasteiger partial charge in [-0.2, -0.15) is 0 Å². The van der Waals surface area contributed by atoms with Gasteiger partial charge in [-0.3, -0.25) is 9.78 Å². The van der Waals surface area contributed by atoms with Gasteiger partial charge in [0.2, 0.25) is 0 Å². The Morgan fingerprint density at radius 1 is 1.26 bits per heavy atom. The minimum atomic E-state index is -0.0864. The van der Waals surface area contributed by atoms with Gasteiger partial charge in [0.15, 0.2) is 0 Å². The first kappa shape index (κ1) is 13.4. The van der Waals surface area contributed by atoms with Gasteiger partial charge >= 0.3 is 0 Å². The van der Waals surface area contributed by atoms with Crippen molar-refractivity contribution in [1.29, 1.82) is 0 Å². The third kappa shape index (κ3) is 3.45. The van der Waals surface area contributed by atoms with Crippen molar-refractivity contribution in [1.82, 2.24) is 10.3 Å². The second kappa shape index (κ2) is 6.20. The van der Waals surface area contributed by atoms with Gasteiger partial charge in [-0.25, -0.2) is 0 Å². The summed E-state index contributed by atoms with van der Waals surface area (Å²) in [7, 11) is 1.61. The fourth-order valence-electron chi connectivity index (χ4n) is 1.63. The number of amides is 1. The molecular weight excluding hydrogens is 262 g/mol. The molecule has 1 aromatic heterocycles. The summed E-state index contributed by atoms with van der Waals surface area (Å²) in [5.74, 6) is -0.0864. The van der Waals surface area contributed by atoms with Gasteiger partial charge in [0, 0.05) is 31.5 Å². The molecule has 98 valence electrons. The summed E-state index contributed by atoms with van der Waals surface area (Å²) < 4.78 is 0. The Morgan fingerprint density at radius 2 is 2.00 bits per heavy atom. The first-order chi connectivity index (χ1) is 9.20. The van der Waals surface area contributed by atoms with Gasteiger partial charge in [0.1, 0.15) is 0 Å². The maximum Gasteiger partial charge on any atom is 0.251 e. The molecule has 1 aromatic carbocycles. The van der Waals surface area contributed by atoms with E-state index in [1.54, 1.807) is 31.6 Å². The number of halogens is 1. The van der Waals surface area contributed by atoms with Crippen molar-refractivity contribution in [3.8, 4) is 0 Å². The number of aromatic nitrogens is 1. The summed E-state index contributed by atoms with van der Waals surface area (Å²) in [4.78, 5) is 15.3. The number of anilines is 1. The van der Waals surface area contributed by atoms with E-state index in [1.165, 1.54) is 0 Å². The molecule has 2 rings (SSSR count). The summed E-state index contributed by atoms with van der Waals surface area (Å²) in [6.45, 7) is 0.637. The van der Waals surface area contributed by atoms with Gasteiger partial charge in [0.25, 0.3) is 5.91 Å². The molecule has 0 aliphatic heterocycles. The first-order valence-electron chi connectivity index (χ1n) is 5.85. The van der Waals surface area contributed by atoms with Crippen molar-refractivity contribution in [2.75, 3.05) is 12.4 Å². The van der Waals surface area contributed by atoms with E-state index < -0.39 is 0 Å². The van der Waals surface area contributed by atoms with Crippen LogP contribution in [0.3, 0.4) is 0 Å². The Bertz CT molecular complexity index is 569. The van der Waals surface area contributed by atoms with Gasteiger partial charge in [-0.1, -0.05) is 23.7 Å². The van der Waals surface area contributed by atoms with Gasteiger partial charge in [-0.05, 0) is 23.8 Å². The second-order valence-corrected chi connectivity index (χ2v) is 4.39. The molecule has 0 aliphatic carbocycles. The number of carbonyl (C=O) groups is 1. The molecule has 0 unspecified atom stereocenters. The molecule has 0 saturated heterocycles. The monoisotopic (exact) mass is 275 g/mol. The van der Waals surface area contributed by atoms with E-state index in [9.17, 15) is 4.79 Å². The SMILES string of the molecule is CNC(=O)c1ccc(CNc2ccncc2Cl)cc1. The Hall–Kier alpha value is -2.07. The number of nitrogens with one attached hydrogen (secondary N) is 2. The van der Waals surface area contributed by atoms with Crippen LogP contribution in [0.1, 0.15) is 15.9 Å². The minimum Gasteiger partial charge on any atom is -0.380 e. The molecule has 0 aliphatic rings. The van der Waals surface area contributed by atoms with Crippen molar-refractivity contribution in [2.45, 2.75) is 6.54 Å². The van der Waals surface area contributed by atoms with Crippen LogP contribution in [0.5, 0.6) is 0 Å². The van der Waals surface area contributed by atoms with E-state index in [4.69, 9.17) is 11.6 Å². The van der Waals surface area contributed by atoms with E-state index in [2.05, 4.69) is 15.6 Å². The Labute approximate surface area is 116 Å². The smallest absolute Gasteiger partial charge is 0.251 e. The zero-order valence-electron chi connectivity index (χ0n) is 10.5. The molecule has 1 amide bonds. The molecule has 0 atom stereocenters. The van der Waals surface area contributed by atoms with Crippen LogP contribution in [0.2, 0.25) is 5.02 Å². The van der Waals surface area contributed by atoms with Crippen LogP contribution in [0, 0.1) is 0 Å². The lowest BCUT2D eigenvalue weighted by atomic mass is 10.1. The number of benzene rings is 1. The van der Waals surface area contributed by atoms with Crippen molar-refractivity contribution < 1.29 is 4.79 Å². The van der Waals surface area contributed by atoms with Crippen LogP contribution in [0.25, 0.3) is 0 Å². The quantitative estimate of drug-likeness (QED) is 0.902. The highest BCUT2D eigenvalue weighted by atomic mass is 35.5. The normalized spacial score (nSPS) is 10.0. The average molecular weight is 276 g/mol. The van der Waals surface area contributed by atoms with Crippen molar-refractivity contribution in [3.05, 3.63) is 58.9 Å². The van der Waals surface area contributed by atoms with E-state index in [1.807, 2.05) is 18.2 Å². The molecule has 19 heavy (non-hydrogen) atoms. The molecule has 0 saturated carbocycles. The van der Waals surface area contributed by atoms with Crippen molar-refractivity contribution in [2.24, 2.45) is 0 Å². The summed E-state index contributed by atoms with van der Waals surface area (Å²) >= 11 is 6.00. The summed E-state index contributed by atoms with van der Waals surface area (Å²) in [5.41, 5.74) is 2.56. The molecule has 5 heteroatoms. The Morgan fingerprint density at radius 3 is 2.63 bits per heavy atom. The second-order valence-electron chi connectivity index (χ2n) is 3.99. The van der Waals surface area contributed by atoms with Crippen LogP contribution >= 0.6 is 11.6 Å². The molecule has 4 nitrogen and oxygen atoms in total. The third-order valence-electron chi connectivity index (χ3n) is 2.70. The lowest BCUT2D eigenvalue weighted by molar-refractivity contribution is 0.0963. The van der Waals surface area contributed by atoms with Crippen LogP contribution in [-0.2, 0) is 6.54 Å².